The van der Waals surface area contributed by atoms with E-state index in [1.54, 1.807) is 0 Å². The van der Waals surface area contributed by atoms with Gasteiger partial charge in [0.1, 0.15) is 0 Å². The van der Waals surface area contributed by atoms with Crippen molar-refractivity contribution < 1.29 is 23.1 Å². The van der Waals surface area contributed by atoms with E-state index in [0.717, 1.165) is 0 Å². The predicted molar refractivity (Wildman–Crippen MR) is 46.9 cm³/mol. The summed E-state index contributed by atoms with van der Waals surface area (Å²) in [5.41, 5.74) is -1.53. The first-order chi connectivity index (χ1) is 6.42. The molecule has 82 valence electrons. The lowest BCUT2D eigenvalue weighted by molar-refractivity contribution is -0.144. The van der Waals surface area contributed by atoms with E-state index in [1.165, 1.54) is 7.05 Å². The third-order valence-electron chi connectivity index (χ3n) is 2.03. The van der Waals surface area contributed by atoms with Crippen LogP contribution < -0.4 is 9.44 Å². The molecular weight excluding hydrogens is 212 g/mol. The quantitative estimate of drug-likeness (QED) is 0.527. The topological polar surface area (TPSA) is 105 Å². The van der Waals surface area contributed by atoms with Gasteiger partial charge in [-0.1, -0.05) is 0 Å². The molecule has 0 spiro atoms. The molecule has 0 saturated carbocycles. The van der Waals surface area contributed by atoms with Crippen LogP contribution >= 0.6 is 0 Å². The fourth-order valence-electron chi connectivity index (χ4n) is 1.17. The van der Waals surface area contributed by atoms with Gasteiger partial charge in [0.05, 0.1) is 6.61 Å². The molecule has 1 saturated heterocycles. The molecule has 0 radical (unpaired) electrons. The van der Waals surface area contributed by atoms with Crippen LogP contribution in [-0.4, -0.2) is 45.3 Å². The molecule has 0 aromatic heterocycles. The van der Waals surface area contributed by atoms with E-state index in [9.17, 15) is 13.2 Å². The number of rotatable bonds is 4. The molecule has 1 rings (SSSR count). The van der Waals surface area contributed by atoms with Crippen LogP contribution in [0, 0.1) is 0 Å². The Kier molecular flexibility index (Phi) is 3.10. The fraction of sp³-hybridized carbons (Fsp3) is 0.833. The number of carboxylic acids is 1. The molecule has 1 atom stereocenters. The fourth-order valence-corrected chi connectivity index (χ4v) is 2.03. The summed E-state index contributed by atoms with van der Waals surface area (Å²) in [4.78, 5) is 10.9. The molecule has 1 aliphatic heterocycles. The molecule has 0 aromatic rings. The molecule has 1 fully saturated rings. The molecule has 1 aliphatic rings. The van der Waals surface area contributed by atoms with Crippen molar-refractivity contribution in [3.05, 3.63) is 0 Å². The van der Waals surface area contributed by atoms with Crippen LogP contribution in [-0.2, 0) is 19.7 Å². The minimum atomic E-state index is -3.77. The highest BCUT2D eigenvalue weighted by molar-refractivity contribution is 7.87. The minimum absolute atomic E-state index is 0.128. The van der Waals surface area contributed by atoms with Gasteiger partial charge in [-0.25, -0.2) is 4.72 Å². The lowest BCUT2D eigenvalue weighted by Crippen LogP contribution is -2.57. The number of hydrogen-bond acceptors (Lipinski definition) is 4. The number of carbonyl (C=O) groups is 1. The summed E-state index contributed by atoms with van der Waals surface area (Å²) in [5.74, 6) is -1.23. The van der Waals surface area contributed by atoms with Crippen molar-refractivity contribution in [2.45, 2.75) is 12.0 Å². The Hall–Kier alpha value is -0.700. The van der Waals surface area contributed by atoms with Crippen LogP contribution in [0.25, 0.3) is 0 Å². The highest BCUT2D eigenvalue weighted by Gasteiger charge is 2.45. The van der Waals surface area contributed by atoms with E-state index in [0.29, 0.717) is 0 Å². The SMILES string of the molecule is CNS(=O)(=O)NC1(C(=O)O)CCOC1. The Morgan fingerprint density at radius 1 is 1.57 bits per heavy atom. The predicted octanol–water partition coefficient (Wildman–Crippen LogP) is -1.72. The molecule has 14 heavy (non-hydrogen) atoms. The molecule has 0 amide bonds. The summed E-state index contributed by atoms with van der Waals surface area (Å²) in [7, 11) is -2.57. The molecule has 0 aromatic carbocycles. The van der Waals surface area contributed by atoms with Crippen LogP contribution in [0.3, 0.4) is 0 Å². The summed E-state index contributed by atoms with van der Waals surface area (Å²) in [6.45, 7) is 0.0851. The molecule has 7 nitrogen and oxygen atoms in total. The standard InChI is InChI=1S/C6H12N2O5S/c1-7-14(11,12)8-6(5(9)10)2-3-13-4-6/h7-8H,2-4H2,1H3,(H,9,10). The van der Waals surface area contributed by atoms with Gasteiger partial charge in [-0.2, -0.15) is 13.1 Å². The molecule has 3 N–H and O–H groups in total. The third kappa shape index (κ3) is 2.21. The van der Waals surface area contributed by atoms with Crippen LogP contribution in [0.4, 0.5) is 0 Å². The Labute approximate surface area is 81.6 Å². The van der Waals surface area contributed by atoms with Gasteiger partial charge in [0.25, 0.3) is 10.2 Å². The number of nitrogens with one attached hydrogen (secondary N) is 2. The van der Waals surface area contributed by atoms with E-state index in [-0.39, 0.29) is 19.6 Å². The number of hydrogen-bond donors (Lipinski definition) is 3. The van der Waals surface area contributed by atoms with Gasteiger partial charge in [0.15, 0.2) is 5.54 Å². The number of aliphatic carboxylic acids is 1. The van der Waals surface area contributed by atoms with Crippen molar-refractivity contribution >= 4 is 16.2 Å². The van der Waals surface area contributed by atoms with Crippen molar-refractivity contribution in [1.82, 2.24) is 9.44 Å². The van der Waals surface area contributed by atoms with Gasteiger partial charge in [-0.05, 0) is 0 Å². The number of ether oxygens (including phenoxy) is 1. The molecular formula is C6H12N2O5S. The second-order valence-corrected chi connectivity index (χ2v) is 4.62. The summed E-state index contributed by atoms with van der Waals surface area (Å²) in [6, 6.07) is 0. The maximum atomic E-state index is 11.1. The van der Waals surface area contributed by atoms with Gasteiger partial charge >= 0.3 is 5.97 Å². The van der Waals surface area contributed by atoms with E-state index in [1.807, 2.05) is 4.72 Å². The van der Waals surface area contributed by atoms with Crippen LogP contribution in [0.5, 0.6) is 0 Å². The van der Waals surface area contributed by atoms with Crippen LogP contribution in [0.15, 0.2) is 0 Å². The van der Waals surface area contributed by atoms with Gasteiger partial charge in [-0.15, -0.1) is 0 Å². The zero-order valence-electron chi connectivity index (χ0n) is 7.61. The zero-order chi connectivity index (χ0) is 10.8. The lowest BCUT2D eigenvalue weighted by atomic mass is 10.0. The van der Waals surface area contributed by atoms with E-state index in [2.05, 4.69) is 4.72 Å². The average Bonchev–Trinajstić information content (AvgIpc) is 2.53. The largest absolute Gasteiger partial charge is 0.480 e. The van der Waals surface area contributed by atoms with Gasteiger partial charge in [0, 0.05) is 20.1 Å². The van der Waals surface area contributed by atoms with Crippen molar-refractivity contribution in [2.24, 2.45) is 0 Å². The van der Waals surface area contributed by atoms with Crippen molar-refractivity contribution in [3.8, 4) is 0 Å². The van der Waals surface area contributed by atoms with Gasteiger partial charge < -0.3 is 9.84 Å². The first-order valence-electron chi connectivity index (χ1n) is 3.95. The molecule has 0 bridgehead atoms. The van der Waals surface area contributed by atoms with Gasteiger partial charge in [-0.3, -0.25) is 4.79 Å². The summed E-state index contributed by atoms with van der Waals surface area (Å²) in [6.07, 6.45) is 0.128. The maximum Gasteiger partial charge on any atom is 0.327 e. The Bertz CT molecular complexity index is 319. The maximum absolute atomic E-state index is 11.1. The molecule has 1 heterocycles. The van der Waals surface area contributed by atoms with Crippen molar-refractivity contribution in [2.75, 3.05) is 20.3 Å². The van der Waals surface area contributed by atoms with Gasteiger partial charge in [0.2, 0.25) is 0 Å². The highest BCUT2D eigenvalue weighted by atomic mass is 32.2. The first-order valence-corrected chi connectivity index (χ1v) is 5.44. The zero-order valence-corrected chi connectivity index (χ0v) is 8.43. The normalized spacial score (nSPS) is 27.8. The molecule has 1 unspecified atom stereocenters. The summed E-state index contributed by atoms with van der Waals surface area (Å²) < 4.78 is 31.2. The van der Waals surface area contributed by atoms with E-state index in [4.69, 9.17) is 9.84 Å². The second kappa shape index (κ2) is 3.81. The summed E-state index contributed by atoms with van der Waals surface area (Å²) in [5, 5.41) is 8.89. The minimum Gasteiger partial charge on any atom is -0.480 e. The Morgan fingerprint density at radius 2 is 2.21 bits per heavy atom. The van der Waals surface area contributed by atoms with Crippen LogP contribution in [0.2, 0.25) is 0 Å². The second-order valence-electron chi connectivity index (χ2n) is 3.00. The molecule has 0 aliphatic carbocycles. The average molecular weight is 224 g/mol. The smallest absolute Gasteiger partial charge is 0.327 e. The Morgan fingerprint density at radius 3 is 2.57 bits per heavy atom. The van der Waals surface area contributed by atoms with Crippen molar-refractivity contribution in [1.29, 1.82) is 0 Å². The first kappa shape index (κ1) is 11.4. The van der Waals surface area contributed by atoms with Crippen LogP contribution in [0.1, 0.15) is 6.42 Å². The van der Waals surface area contributed by atoms with E-state index >= 15 is 0 Å². The summed E-state index contributed by atoms with van der Waals surface area (Å²) >= 11 is 0. The lowest BCUT2D eigenvalue weighted by Gasteiger charge is -2.22. The number of carboxylic acid groups (broad SMARTS) is 1. The van der Waals surface area contributed by atoms with Crippen molar-refractivity contribution in [3.63, 3.8) is 0 Å². The highest BCUT2D eigenvalue weighted by Crippen LogP contribution is 2.19. The monoisotopic (exact) mass is 224 g/mol. The Balaban J connectivity index is 2.86. The third-order valence-corrected chi connectivity index (χ3v) is 3.23. The molecule has 8 heteroatoms. The van der Waals surface area contributed by atoms with E-state index < -0.39 is 21.7 Å².